The first kappa shape index (κ1) is 10.0. The second kappa shape index (κ2) is 2.95. The van der Waals surface area contributed by atoms with Crippen LogP contribution < -0.4 is 0 Å². The predicted molar refractivity (Wildman–Crippen MR) is 48.3 cm³/mol. The largest absolute Gasteiger partial charge is 0.166 e. The molecule has 0 aromatic heterocycles. The van der Waals surface area contributed by atoms with Crippen LogP contribution in [0.1, 0.15) is 0 Å². The van der Waals surface area contributed by atoms with Crippen molar-refractivity contribution in [3.05, 3.63) is 0 Å². The van der Waals surface area contributed by atoms with Gasteiger partial charge >= 0.3 is 0 Å². The molecule has 0 N–H and O–H groups in total. The molecule has 0 nitrogen and oxygen atoms in total. The van der Waals surface area contributed by atoms with Crippen molar-refractivity contribution in [1.82, 2.24) is 0 Å². The standard InChI is InChI=1S/C2H4Cl4P2/c3-1(4,7)2(5,6)8/h7-8H2. The van der Waals surface area contributed by atoms with Crippen molar-refractivity contribution >= 4 is 64.9 Å². The number of halogens is 4. The zero-order chi connectivity index (χ0) is 7.00. The van der Waals surface area contributed by atoms with Crippen molar-refractivity contribution in [2.24, 2.45) is 0 Å². The Labute approximate surface area is 73.0 Å². The van der Waals surface area contributed by atoms with Crippen LogP contribution >= 0.6 is 64.9 Å². The molecule has 50 valence electrons. The Morgan fingerprint density at radius 1 is 0.750 bits per heavy atom. The van der Waals surface area contributed by atoms with Crippen LogP contribution in [0.3, 0.4) is 0 Å². The Hall–Kier alpha value is 2.02. The molecule has 0 amide bonds. The van der Waals surface area contributed by atoms with Crippen LogP contribution in [0.15, 0.2) is 0 Å². The average molecular weight is 232 g/mol. The van der Waals surface area contributed by atoms with Crippen molar-refractivity contribution < 1.29 is 0 Å². The molecular formula is C2H4Cl4P2. The summed E-state index contributed by atoms with van der Waals surface area (Å²) in [6, 6.07) is 0. The second-order valence-electron chi connectivity index (χ2n) is 1.25. The first-order valence-electron chi connectivity index (χ1n) is 1.58. The fourth-order valence-electron chi connectivity index (χ4n) is 0. The Morgan fingerprint density at radius 2 is 0.875 bits per heavy atom. The molecule has 0 saturated heterocycles. The lowest BCUT2D eigenvalue weighted by Gasteiger charge is -2.23. The van der Waals surface area contributed by atoms with Gasteiger partial charge in [-0.05, 0) is 0 Å². The third kappa shape index (κ3) is 3.25. The molecule has 0 aliphatic carbocycles. The van der Waals surface area contributed by atoms with Gasteiger partial charge in [-0.2, -0.15) is 0 Å². The van der Waals surface area contributed by atoms with Gasteiger partial charge in [0, 0.05) is 0 Å². The van der Waals surface area contributed by atoms with Crippen LogP contribution in [0.5, 0.6) is 0 Å². The van der Waals surface area contributed by atoms with Crippen LogP contribution in [-0.2, 0) is 0 Å². The minimum atomic E-state index is -1.21. The third-order valence-corrected chi connectivity index (χ3v) is 4.00. The monoisotopic (exact) mass is 230 g/mol. The SMILES string of the molecule is PC(Cl)(Cl)C(P)(Cl)Cl. The smallest absolute Gasteiger partial charge is 0.0950 e. The average Bonchev–Trinajstić information content (AvgIpc) is 1.25. The number of alkyl halides is 4. The van der Waals surface area contributed by atoms with Crippen LogP contribution in [0.4, 0.5) is 0 Å². The van der Waals surface area contributed by atoms with Gasteiger partial charge in [0.2, 0.25) is 0 Å². The zero-order valence-corrected chi connectivity index (χ0v) is 9.00. The molecule has 0 heterocycles. The quantitative estimate of drug-likeness (QED) is 0.481. The number of rotatable bonds is 1. The molecule has 0 aromatic carbocycles. The molecule has 0 spiro atoms. The van der Waals surface area contributed by atoms with Gasteiger partial charge in [0.1, 0.15) is 0 Å². The van der Waals surface area contributed by atoms with Gasteiger partial charge in [-0.1, -0.05) is 64.9 Å². The molecule has 2 unspecified atom stereocenters. The summed E-state index contributed by atoms with van der Waals surface area (Å²) < 4.78 is -2.42. The summed E-state index contributed by atoms with van der Waals surface area (Å²) >= 11 is 21.8. The van der Waals surface area contributed by atoms with E-state index in [1.54, 1.807) is 0 Å². The maximum Gasteiger partial charge on any atom is 0.166 e. The van der Waals surface area contributed by atoms with E-state index in [0.717, 1.165) is 0 Å². The molecule has 0 aliphatic rings. The van der Waals surface area contributed by atoms with E-state index in [9.17, 15) is 0 Å². The van der Waals surface area contributed by atoms with Crippen LogP contribution in [0.25, 0.3) is 0 Å². The second-order valence-corrected chi connectivity index (χ2v) is 7.21. The molecule has 8 heavy (non-hydrogen) atoms. The van der Waals surface area contributed by atoms with Crippen molar-refractivity contribution in [2.75, 3.05) is 0 Å². The lowest BCUT2D eigenvalue weighted by atomic mass is 10.9. The first-order chi connectivity index (χ1) is 3.25. The van der Waals surface area contributed by atoms with Gasteiger partial charge in [0.05, 0.1) is 0 Å². The fourth-order valence-corrected chi connectivity index (χ4v) is 0. The highest BCUT2D eigenvalue weighted by molar-refractivity contribution is 7.36. The first-order valence-corrected chi connectivity index (χ1v) is 4.25. The van der Waals surface area contributed by atoms with Gasteiger partial charge in [0.25, 0.3) is 0 Å². The van der Waals surface area contributed by atoms with Crippen molar-refractivity contribution in [3.63, 3.8) is 0 Å². The van der Waals surface area contributed by atoms with Crippen molar-refractivity contribution in [1.29, 1.82) is 0 Å². The summed E-state index contributed by atoms with van der Waals surface area (Å²) in [7, 11) is 4.21. The molecule has 0 aromatic rings. The fraction of sp³-hybridized carbons (Fsp3) is 1.00. The maximum absolute atomic E-state index is 5.45. The van der Waals surface area contributed by atoms with Gasteiger partial charge in [-0.3, -0.25) is 0 Å². The van der Waals surface area contributed by atoms with Gasteiger partial charge in [-0.15, -0.1) is 0 Å². The maximum atomic E-state index is 5.45. The van der Waals surface area contributed by atoms with Gasteiger partial charge in [-0.25, -0.2) is 0 Å². The van der Waals surface area contributed by atoms with E-state index in [4.69, 9.17) is 46.4 Å². The Balaban J connectivity index is 4.02. The molecule has 0 fully saturated rings. The van der Waals surface area contributed by atoms with E-state index in [-0.39, 0.29) is 0 Å². The minimum Gasteiger partial charge on any atom is -0.0950 e. The van der Waals surface area contributed by atoms with E-state index >= 15 is 0 Å². The molecule has 0 rings (SSSR count). The van der Waals surface area contributed by atoms with E-state index in [0.29, 0.717) is 0 Å². The molecule has 0 radical (unpaired) electrons. The highest BCUT2D eigenvalue weighted by Crippen LogP contribution is 2.51. The summed E-state index contributed by atoms with van der Waals surface area (Å²) in [6.45, 7) is 0. The Morgan fingerprint density at radius 3 is 0.875 bits per heavy atom. The van der Waals surface area contributed by atoms with Crippen LogP contribution in [0.2, 0.25) is 0 Å². The van der Waals surface area contributed by atoms with E-state index in [1.165, 1.54) is 0 Å². The van der Waals surface area contributed by atoms with Crippen molar-refractivity contribution in [2.45, 2.75) is 8.15 Å². The molecule has 0 saturated carbocycles. The molecule has 0 bridgehead atoms. The summed E-state index contributed by atoms with van der Waals surface area (Å²) in [6.07, 6.45) is 0. The minimum absolute atomic E-state index is 1.21. The van der Waals surface area contributed by atoms with Gasteiger partial charge in [0.15, 0.2) is 8.15 Å². The van der Waals surface area contributed by atoms with E-state index < -0.39 is 8.15 Å². The predicted octanol–water partition coefficient (Wildman–Crippen LogP) is 3.00. The summed E-state index contributed by atoms with van der Waals surface area (Å²) in [4.78, 5) is 0. The highest BCUT2D eigenvalue weighted by atomic mass is 35.5. The van der Waals surface area contributed by atoms with Crippen molar-refractivity contribution in [3.8, 4) is 0 Å². The van der Waals surface area contributed by atoms with Gasteiger partial charge < -0.3 is 0 Å². The Bertz CT molecular complexity index is 67.0. The Kier molecular flexibility index (Phi) is 3.70. The van der Waals surface area contributed by atoms with Crippen LogP contribution in [0, 0.1) is 0 Å². The zero-order valence-electron chi connectivity index (χ0n) is 3.67. The van der Waals surface area contributed by atoms with E-state index in [1.807, 2.05) is 0 Å². The lowest BCUT2D eigenvalue weighted by Crippen LogP contribution is -2.22. The lowest BCUT2D eigenvalue weighted by molar-refractivity contribution is 1.14. The summed E-state index contributed by atoms with van der Waals surface area (Å²) in [5.74, 6) is 0. The molecular weight excluding hydrogens is 228 g/mol. The summed E-state index contributed by atoms with van der Waals surface area (Å²) in [5, 5.41) is 0. The molecule has 0 aliphatic heterocycles. The highest BCUT2D eigenvalue weighted by Gasteiger charge is 2.38. The number of hydrogen-bond acceptors (Lipinski definition) is 0. The topological polar surface area (TPSA) is 0 Å². The number of hydrogen-bond donors (Lipinski definition) is 0. The molecule has 2 atom stereocenters. The normalized spacial score (nSPS) is 14.2. The molecule has 6 heteroatoms. The van der Waals surface area contributed by atoms with E-state index in [2.05, 4.69) is 18.5 Å². The third-order valence-electron chi connectivity index (χ3n) is 0.444. The summed E-state index contributed by atoms with van der Waals surface area (Å²) in [5.41, 5.74) is 0. The van der Waals surface area contributed by atoms with Crippen LogP contribution in [-0.4, -0.2) is 8.15 Å².